The fourth-order valence-corrected chi connectivity index (χ4v) is 5.60. The Morgan fingerprint density at radius 3 is 2.33 bits per heavy atom. The van der Waals surface area contributed by atoms with Crippen LogP contribution in [0.25, 0.3) is 6.08 Å². The molecular formula is C31H31NO4. The van der Waals surface area contributed by atoms with Crippen molar-refractivity contribution in [1.29, 1.82) is 0 Å². The maximum atomic E-state index is 13.2. The molecule has 2 aliphatic rings. The zero-order valence-electron chi connectivity index (χ0n) is 20.6. The van der Waals surface area contributed by atoms with Crippen LogP contribution in [0.4, 0.5) is 0 Å². The highest BCUT2D eigenvalue weighted by Crippen LogP contribution is 2.56. The summed E-state index contributed by atoms with van der Waals surface area (Å²) in [6.45, 7) is 3.84. The van der Waals surface area contributed by atoms with Crippen LogP contribution in [-0.2, 0) is 28.8 Å². The number of fused-ring (bicyclic) bond motifs is 2. The number of aromatic carboxylic acids is 1. The van der Waals surface area contributed by atoms with Crippen molar-refractivity contribution in [1.82, 2.24) is 0 Å². The lowest BCUT2D eigenvalue weighted by molar-refractivity contribution is -0.157. The number of carbonyl (C=O) groups is 2. The van der Waals surface area contributed by atoms with Crippen molar-refractivity contribution in [2.24, 2.45) is 17.1 Å². The fraction of sp³-hybridized carbons (Fsp3) is 0.290. The highest BCUT2D eigenvalue weighted by Gasteiger charge is 2.51. The maximum Gasteiger partial charge on any atom is 0.335 e. The summed E-state index contributed by atoms with van der Waals surface area (Å²) in [4.78, 5) is 24.6. The van der Waals surface area contributed by atoms with Gasteiger partial charge in [-0.25, -0.2) is 4.79 Å². The Kier molecular flexibility index (Phi) is 6.27. The van der Waals surface area contributed by atoms with Crippen LogP contribution in [-0.4, -0.2) is 23.1 Å². The van der Waals surface area contributed by atoms with Crippen molar-refractivity contribution in [2.75, 3.05) is 0 Å². The molecule has 0 aromatic heterocycles. The zero-order chi connectivity index (χ0) is 25.4. The molecule has 0 unspecified atom stereocenters. The molecule has 0 amide bonds. The van der Waals surface area contributed by atoms with E-state index < -0.39 is 29.5 Å². The van der Waals surface area contributed by atoms with Gasteiger partial charge in [-0.2, -0.15) is 0 Å². The molecule has 0 saturated carbocycles. The molecule has 3 atom stereocenters. The van der Waals surface area contributed by atoms with E-state index in [4.69, 9.17) is 10.5 Å². The van der Waals surface area contributed by atoms with Gasteiger partial charge in [0.2, 0.25) is 0 Å². The number of ether oxygens (including phenoxy) is 1. The summed E-state index contributed by atoms with van der Waals surface area (Å²) in [6, 6.07) is 22.8. The van der Waals surface area contributed by atoms with Gasteiger partial charge in [0.25, 0.3) is 0 Å². The minimum atomic E-state index is -0.951. The molecule has 5 heteroatoms. The molecule has 0 bridgehead atoms. The van der Waals surface area contributed by atoms with Crippen LogP contribution < -0.4 is 5.73 Å². The standard InChI is InChI=1S/C31H31NO4/c1-19(2)27(32)30(35)36-28-26-10-6-5-9-24(26)18-31(28,17-20-11-13-21(14-12-20)29(33)34)25-15-22-7-3-4-8-23(22)16-25/h3-15,19,27-28H,16-18,32H2,1-2H3,(H,33,34)/t27-,28-,31+/m0/s1. The summed E-state index contributed by atoms with van der Waals surface area (Å²) in [6.07, 6.45) is 3.86. The molecule has 3 aromatic rings. The van der Waals surface area contributed by atoms with Gasteiger partial charge in [-0.1, -0.05) is 86.2 Å². The second kappa shape index (κ2) is 9.40. The third kappa shape index (κ3) is 4.24. The van der Waals surface area contributed by atoms with E-state index in [1.807, 2.05) is 50.2 Å². The quantitative estimate of drug-likeness (QED) is 0.443. The van der Waals surface area contributed by atoms with E-state index in [0.717, 1.165) is 29.5 Å². The summed E-state index contributed by atoms with van der Waals surface area (Å²) in [5.74, 6) is -1.39. The third-order valence-corrected chi connectivity index (χ3v) is 7.70. The van der Waals surface area contributed by atoms with Crippen LogP contribution in [0.5, 0.6) is 0 Å². The van der Waals surface area contributed by atoms with Crippen molar-refractivity contribution in [3.05, 3.63) is 112 Å². The minimum absolute atomic E-state index is 0.0398. The van der Waals surface area contributed by atoms with Gasteiger partial charge in [0.1, 0.15) is 12.1 Å². The van der Waals surface area contributed by atoms with Gasteiger partial charge in [-0.3, -0.25) is 4.79 Å². The molecule has 0 heterocycles. The van der Waals surface area contributed by atoms with Crippen LogP contribution in [0.1, 0.15) is 58.1 Å². The number of rotatable bonds is 7. The lowest BCUT2D eigenvalue weighted by atomic mass is 9.70. The Bertz CT molecular complexity index is 1340. The molecule has 184 valence electrons. The number of carbonyl (C=O) groups excluding carboxylic acids is 1. The van der Waals surface area contributed by atoms with Crippen molar-refractivity contribution in [3.63, 3.8) is 0 Å². The predicted molar refractivity (Wildman–Crippen MR) is 139 cm³/mol. The van der Waals surface area contributed by atoms with E-state index in [9.17, 15) is 14.7 Å². The number of hydrogen-bond donors (Lipinski definition) is 2. The summed E-state index contributed by atoms with van der Waals surface area (Å²) in [5, 5.41) is 9.36. The van der Waals surface area contributed by atoms with Crippen molar-refractivity contribution in [3.8, 4) is 0 Å². The Labute approximate surface area is 211 Å². The smallest absolute Gasteiger partial charge is 0.335 e. The molecule has 3 aromatic carbocycles. The first-order chi connectivity index (χ1) is 17.3. The average molecular weight is 482 g/mol. The number of nitrogens with two attached hydrogens (primary N) is 1. The molecule has 0 spiro atoms. The molecule has 36 heavy (non-hydrogen) atoms. The van der Waals surface area contributed by atoms with Crippen molar-refractivity contribution in [2.45, 2.75) is 45.3 Å². The van der Waals surface area contributed by atoms with Gasteiger partial charge in [0.15, 0.2) is 0 Å². The first kappa shape index (κ1) is 24.0. The Hall–Kier alpha value is -3.70. The van der Waals surface area contributed by atoms with Crippen LogP contribution in [0.3, 0.4) is 0 Å². The minimum Gasteiger partial charge on any atom is -0.478 e. The molecular weight excluding hydrogens is 450 g/mol. The molecule has 0 fully saturated rings. The van der Waals surface area contributed by atoms with Crippen LogP contribution in [0, 0.1) is 11.3 Å². The monoisotopic (exact) mass is 481 g/mol. The molecule has 5 nitrogen and oxygen atoms in total. The lowest BCUT2D eigenvalue weighted by Gasteiger charge is -2.38. The number of carboxylic acid groups (broad SMARTS) is 1. The Morgan fingerprint density at radius 1 is 1.00 bits per heavy atom. The van der Waals surface area contributed by atoms with Crippen LogP contribution in [0.2, 0.25) is 0 Å². The van der Waals surface area contributed by atoms with E-state index in [1.54, 1.807) is 12.1 Å². The van der Waals surface area contributed by atoms with E-state index in [0.29, 0.717) is 6.42 Å². The Morgan fingerprint density at radius 2 is 1.67 bits per heavy atom. The summed E-state index contributed by atoms with van der Waals surface area (Å²) < 4.78 is 6.32. The second-order valence-electron chi connectivity index (χ2n) is 10.3. The Balaban J connectivity index is 1.61. The second-order valence-corrected chi connectivity index (χ2v) is 10.3. The van der Waals surface area contributed by atoms with Gasteiger partial charge in [-0.15, -0.1) is 0 Å². The van der Waals surface area contributed by atoms with Crippen LogP contribution in [0.15, 0.2) is 78.4 Å². The molecule has 2 aliphatic carbocycles. The molecule has 0 radical (unpaired) electrons. The summed E-state index contributed by atoms with van der Waals surface area (Å²) in [5.41, 5.74) is 12.8. The van der Waals surface area contributed by atoms with Crippen LogP contribution >= 0.6 is 0 Å². The van der Waals surface area contributed by atoms with Gasteiger partial charge in [0.05, 0.1) is 5.56 Å². The van der Waals surface area contributed by atoms with E-state index in [2.05, 4.69) is 30.3 Å². The van der Waals surface area contributed by atoms with E-state index in [-0.39, 0.29) is 11.5 Å². The molecule has 0 saturated heterocycles. The summed E-state index contributed by atoms with van der Waals surface area (Å²) in [7, 11) is 0. The molecule has 5 rings (SSSR count). The van der Waals surface area contributed by atoms with E-state index >= 15 is 0 Å². The summed E-state index contributed by atoms with van der Waals surface area (Å²) >= 11 is 0. The first-order valence-corrected chi connectivity index (χ1v) is 12.4. The topological polar surface area (TPSA) is 89.6 Å². The van der Waals surface area contributed by atoms with Crippen molar-refractivity contribution < 1.29 is 19.4 Å². The first-order valence-electron chi connectivity index (χ1n) is 12.4. The van der Waals surface area contributed by atoms with Gasteiger partial charge >= 0.3 is 11.9 Å². The number of carboxylic acids is 1. The maximum absolute atomic E-state index is 13.2. The molecule has 0 aliphatic heterocycles. The highest BCUT2D eigenvalue weighted by atomic mass is 16.5. The third-order valence-electron chi connectivity index (χ3n) is 7.70. The largest absolute Gasteiger partial charge is 0.478 e. The van der Waals surface area contributed by atoms with E-state index in [1.165, 1.54) is 16.7 Å². The van der Waals surface area contributed by atoms with Gasteiger partial charge in [0, 0.05) is 5.41 Å². The van der Waals surface area contributed by atoms with Crippen molar-refractivity contribution >= 4 is 18.0 Å². The number of hydrogen-bond acceptors (Lipinski definition) is 4. The number of benzene rings is 3. The predicted octanol–water partition coefficient (Wildman–Crippen LogP) is 5.38. The lowest BCUT2D eigenvalue weighted by Crippen LogP contribution is -2.41. The van der Waals surface area contributed by atoms with Gasteiger partial charge in [-0.05, 0) is 65.1 Å². The van der Waals surface area contributed by atoms with Gasteiger partial charge < -0.3 is 15.6 Å². The molecule has 3 N–H and O–H groups in total. The normalized spacial score (nSPS) is 21.0. The highest BCUT2D eigenvalue weighted by molar-refractivity contribution is 5.87. The average Bonchev–Trinajstić information content (AvgIpc) is 3.44. The SMILES string of the molecule is CC(C)[C@H](N)C(=O)O[C@H]1c2ccccc2C[C@]1(Cc1ccc(C(=O)O)cc1)C1=Cc2ccccc2C1. The fourth-order valence-electron chi connectivity index (χ4n) is 5.60. The zero-order valence-corrected chi connectivity index (χ0v) is 20.6. The number of esters is 1.